The second-order valence-corrected chi connectivity index (χ2v) is 6.26. The van der Waals surface area contributed by atoms with Gasteiger partial charge < -0.3 is 9.64 Å². The minimum atomic E-state index is 0.129. The lowest BCUT2D eigenvalue weighted by molar-refractivity contribution is -0.139. The van der Waals surface area contributed by atoms with Gasteiger partial charge in [0.2, 0.25) is 5.91 Å². The van der Waals surface area contributed by atoms with E-state index >= 15 is 0 Å². The van der Waals surface area contributed by atoms with E-state index in [-0.39, 0.29) is 5.92 Å². The van der Waals surface area contributed by atoms with Gasteiger partial charge in [-0.25, -0.2) is 0 Å². The molecule has 2 rings (SSSR count). The number of hydrogen-bond acceptors (Lipinski definition) is 2. The van der Waals surface area contributed by atoms with Crippen LogP contribution in [0.15, 0.2) is 0 Å². The number of likely N-dealkylation sites (tertiary alicyclic amines) is 1. The number of ether oxygens (including phenoxy) is 1. The molecule has 0 aromatic rings. The van der Waals surface area contributed by atoms with Crippen molar-refractivity contribution in [2.75, 3.05) is 26.3 Å². The van der Waals surface area contributed by atoms with Gasteiger partial charge in [0.05, 0.1) is 12.5 Å². The van der Waals surface area contributed by atoms with E-state index in [1.807, 2.05) is 0 Å². The molecule has 3 heteroatoms. The molecule has 0 spiro atoms. The number of carbonyl (C=O) groups is 1. The SMILES string of the molecule is CC[C@]1(C)CCCN(C(=O)[C@@H]2CCCOC2)CC1. The van der Waals surface area contributed by atoms with Crippen molar-refractivity contribution < 1.29 is 9.53 Å². The van der Waals surface area contributed by atoms with Gasteiger partial charge in [0.15, 0.2) is 0 Å². The fourth-order valence-corrected chi connectivity index (χ4v) is 3.11. The molecule has 0 N–H and O–H groups in total. The maximum Gasteiger partial charge on any atom is 0.228 e. The van der Waals surface area contributed by atoms with Crippen molar-refractivity contribution in [3.8, 4) is 0 Å². The van der Waals surface area contributed by atoms with Crippen LogP contribution in [0.4, 0.5) is 0 Å². The summed E-state index contributed by atoms with van der Waals surface area (Å²) in [5, 5.41) is 0. The Balaban J connectivity index is 1.90. The highest BCUT2D eigenvalue weighted by Crippen LogP contribution is 2.34. The van der Waals surface area contributed by atoms with Crippen LogP contribution in [0.25, 0.3) is 0 Å². The first-order chi connectivity index (χ1) is 8.64. The quantitative estimate of drug-likeness (QED) is 0.757. The van der Waals surface area contributed by atoms with Crippen LogP contribution in [-0.4, -0.2) is 37.1 Å². The predicted octanol–water partition coefficient (Wildman–Crippen LogP) is 2.84. The lowest BCUT2D eigenvalue weighted by atomic mass is 9.80. The molecule has 2 aliphatic heterocycles. The minimum absolute atomic E-state index is 0.129. The Hall–Kier alpha value is -0.570. The van der Waals surface area contributed by atoms with E-state index < -0.39 is 0 Å². The molecule has 1 amide bonds. The summed E-state index contributed by atoms with van der Waals surface area (Å²) in [6.07, 6.45) is 6.85. The van der Waals surface area contributed by atoms with Crippen LogP contribution in [0.3, 0.4) is 0 Å². The Morgan fingerprint density at radius 2 is 2.17 bits per heavy atom. The van der Waals surface area contributed by atoms with Gasteiger partial charge in [0.1, 0.15) is 0 Å². The molecule has 18 heavy (non-hydrogen) atoms. The lowest BCUT2D eigenvalue weighted by Gasteiger charge is -2.29. The highest BCUT2D eigenvalue weighted by molar-refractivity contribution is 5.79. The standard InChI is InChI=1S/C15H27NO2/c1-3-15(2)7-5-9-16(10-8-15)14(17)13-6-4-11-18-12-13/h13H,3-12H2,1-2H3/t13-,15-/m1/s1. The Morgan fingerprint density at radius 1 is 1.33 bits per heavy atom. The zero-order chi connectivity index (χ0) is 13.0. The van der Waals surface area contributed by atoms with Gasteiger partial charge in [0.25, 0.3) is 0 Å². The molecule has 2 heterocycles. The number of hydrogen-bond donors (Lipinski definition) is 0. The number of carbonyl (C=O) groups excluding carboxylic acids is 1. The summed E-state index contributed by atoms with van der Waals surface area (Å²) in [4.78, 5) is 14.5. The average molecular weight is 253 g/mol. The van der Waals surface area contributed by atoms with Crippen LogP contribution < -0.4 is 0 Å². The predicted molar refractivity (Wildman–Crippen MR) is 72.4 cm³/mol. The zero-order valence-corrected chi connectivity index (χ0v) is 11.9. The van der Waals surface area contributed by atoms with Crippen LogP contribution >= 0.6 is 0 Å². The molecule has 0 aromatic carbocycles. The molecule has 0 saturated carbocycles. The smallest absolute Gasteiger partial charge is 0.228 e. The van der Waals surface area contributed by atoms with E-state index in [0.717, 1.165) is 45.4 Å². The summed E-state index contributed by atoms with van der Waals surface area (Å²) < 4.78 is 5.44. The van der Waals surface area contributed by atoms with Gasteiger partial charge in [-0.05, 0) is 37.5 Å². The van der Waals surface area contributed by atoms with Crippen molar-refractivity contribution in [3.63, 3.8) is 0 Å². The van der Waals surface area contributed by atoms with Crippen LogP contribution in [0, 0.1) is 11.3 Å². The van der Waals surface area contributed by atoms with Crippen LogP contribution in [0.1, 0.15) is 52.4 Å². The summed E-state index contributed by atoms with van der Waals surface area (Å²) in [6.45, 7) is 8.00. The summed E-state index contributed by atoms with van der Waals surface area (Å²) >= 11 is 0. The lowest BCUT2D eigenvalue weighted by Crippen LogP contribution is -2.40. The van der Waals surface area contributed by atoms with E-state index in [2.05, 4.69) is 18.7 Å². The van der Waals surface area contributed by atoms with E-state index in [4.69, 9.17) is 4.74 Å². The van der Waals surface area contributed by atoms with Gasteiger partial charge in [-0.3, -0.25) is 4.79 Å². The van der Waals surface area contributed by atoms with Gasteiger partial charge in [-0.15, -0.1) is 0 Å². The summed E-state index contributed by atoms with van der Waals surface area (Å²) in [7, 11) is 0. The monoisotopic (exact) mass is 253 g/mol. The van der Waals surface area contributed by atoms with Crippen molar-refractivity contribution in [2.24, 2.45) is 11.3 Å². The molecule has 2 fully saturated rings. The topological polar surface area (TPSA) is 29.5 Å². The maximum absolute atomic E-state index is 12.5. The van der Waals surface area contributed by atoms with Gasteiger partial charge in [-0.2, -0.15) is 0 Å². The van der Waals surface area contributed by atoms with Gasteiger partial charge in [0, 0.05) is 19.7 Å². The fourth-order valence-electron chi connectivity index (χ4n) is 3.11. The van der Waals surface area contributed by atoms with Crippen molar-refractivity contribution in [2.45, 2.75) is 52.4 Å². The Kier molecular flexibility index (Phi) is 4.66. The largest absolute Gasteiger partial charge is 0.381 e. The van der Waals surface area contributed by atoms with E-state index in [1.54, 1.807) is 0 Å². The summed E-state index contributed by atoms with van der Waals surface area (Å²) in [6, 6.07) is 0. The van der Waals surface area contributed by atoms with Crippen LogP contribution in [-0.2, 0) is 9.53 Å². The molecule has 0 bridgehead atoms. The van der Waals surface area contributed by atoms with Gasteiger partial charge in [-0.1, -0.05) is 20.3 Å². The second kappa shape index (κ2) is 6.05. The van der Waals surface area contributed by atoms with Crippen molar-refractivity contribution in [1.82, 2.24) is 4.90 Å². The van der Waals surface area contributed by atoms with Crippen LogP contribution in [0.2, 0.25) is 0 Å². The Bertz CT molecular complexity index is 286. The summed E-state index contributed by atoms with van der Waals surface area (Å²) in [5.41, 5.74) is 0.443. The van der Waals surface area contributed by atoms with Crippen LogP contribution in [0.5, 0.6) is 0 Å². The molecule has 3 nitrogen and oxygen atoms in total. The third-order valence-electron chi connectivity index (χ3n) is 4.87. The molecule has 0 aliphatic carbocycles. The zero-order valence-electron chi connectivity index (χ0n) is 11.9. The first-order valence-corrected chi connectivity index (χ1v) is 7.51. The highest BCUT2D eigenvalue weighted by atomic mass is 16.5. The molecule has 2 saturated heterocycles. The number of rotatable bonds is 2. The van der Waals surface area contributed by atoms with Crippen molar-refractivity contribution in [1.29, 1.82) is 0 Å². The third-order valence-corrected chi connectivity index (χ3v) is 4.87. The maximum atomic E-state index is 12.5. The molecule has 104 valence electrons. The summed E-state index contributed by atoms with van der Waals surface area (Å²) in [5.74, 6) is 0.472. The van der Waals surface area contributed by atoms with E-state index in [9.17, 15) is 4.79 Å². The number of amides is 1. The highest BCUT2D eigenvalue weighted by Gasteiger charge is 2.31. The Labute approximate surface area is 111 Å². The van der Waals surface area contributed by atoms with Gasteiger partial charge >= 0.3 is 0 Å². The molecular weight excluding hydrogens is 226 g/mol. The molecular formula is C15H27NO2. The normalized spacial score (nSPS) is 34.1. The van der Waals surface area contributed by atoms with E-state index in [0.29, 0.717) is 17.9 Å². The molecule has 2 atom stereocenters. The van der Waals surface area contributed by atoms with Crippen molar-refractivity contribution >= 4 is 5.91 Å². The van der Waals surface area contributed by atoms with Crippen molar-refractivity contribution in [3.05, 3.63) is 0 Å². The molecule has 2 aliphatic rings. The fraction of sp³-hybridized carbons (Fsp3) is 0.933. The average Bonchev–Trinajstić information content (AvgIpc) is 2.62. The minimum Gasteiger partial charge on any atom is -0.381 e. The second-order valence-electron chi connectivity index (χ2n) is 6.26. The van der Waals surface area contributed by atoms with E-state index in [1.165, 1.54) is 12.8 Å². The Morgan fingerprint density at radius 3 is 2.83 bits per heavy atom. The molecule has 0 radical (unpaired) electrons. The number of nitrogens with zero attached hydrogens (tertiary/aromatic N) is 1. The third kappa shape index (κ3) is 3.25. The first-order valence-electron chi connectivity index (χ1n) is 7.51. The first kappa shape index (κ1) is 13.9. The molecule has 0 aromatic heterocycles. The molecule has 0 unspecified atom stereocenters.